The lowest BCUT2D eigenvalue weighted by molar-refractivity contribution is -0.122. The van der Waals surface area contributed by atoms with Crippen molar-refractivity contribution in [1.29, 1.82) is 0 Å². The molecule has 0 fully saturated rings. The van der Waals surface area contributed by atoms with Gasteiger partial charge in [0.2, 0.25) is 15.9 Å². The predicted molar refractivity (Wildman–Crippen MR) is 112 cm³/mol. The van der Waals surface area contributed by atoms with Crippen molar-refractivity contribution < 1.29 is 22.7 Å². The van der Waals surface area contributed by atoms with E-state index in [1.54, 1.807) is 25.1 Å². The second-order valence-corrected chi connectivity index (χ2v) is 9.07. The minimum atomic E-state index is -3.66. The van der Waals surface area contributed by atoms with E-state index in [2.05, 4.69) is 5.32 Å². The number of hydrogen-bond acceptors (Lipinski definition) is 5. The van der Waals surface area contributed by atoms with Gasteiger partial charge in [0.15, 0.2) is 11.5 Å². The van der Waals surface area contributed by atoms with Crippen molar-refractivity contribution in [2.24, 2.45) is 0 Å². The third-order valence-electron chi connectivity index (χ3n) is 4.77. The number of benzene rings is 2. The molecule has 2 atom stereocenters. The molecule has 0 unspecified atom stereocenters. The molecule has 3 rings (SSSR count). The van der Waals surface area contributed by atoms with Crippen LogP contribution in [0.4, 0.5) is 5.69 Å². The van der Waals surface area contributed by atoms with Crippen molar-refractivity contribution in [3.05, 3.63) is 53.6 Å². The zero-order chi connectivity index (χ0) is 21.2. The summed E-state index contributed by atoms with van der Waals surface area (Å²) in [7, 11) is -3.66. The Bertz CT molecular complexity index is 1010. The van der Waals surface area contributed by atoms with Crippen LogP contribution in [0.25, 0.3) is 0 Å². The number of hydrogen-bond donors (Lipinski definition) is 1. The number of amides is 1. The second kappa shape index (κ2) is 8.32. The van der Waals surface area contributed by atoms with Crippen LogP contribution in [0.15, 0.2) is 42.5 Å². The fourth-order valence-corrected chi connectivity index (χ4v) is 4.49. The lowest BCUT2D eigenvalue weighted by Gasteiger charge is -2.29. The zero-order valence-corrected chi connectivity index (χ0v) is 17.8. The van der Waals surface area contributed by atoms with E-state index in [0.29, 0.717) is 30.4 Å². The van der Waals surface area contributed by atoms with Gasteiger partial charge in [0.1, 0.15) is 19.3 Å². The van der Waals surface area contributed by atoms with Crippen molar-refractivity contribution in [1.82, 2.24) is 5.32 Å². The van der Waals surface area contributed by atoms with Crippen LogP contribution in [0.5, 0.6) is 11.5 Å². The molecule has 1 amide bonds. The summed E-state index contributed by atoms with van der Waals surface area (Å²) in [4.78, 5) is 12.9. The first-order valence-corrected chi connectivity index (χ1v) is 11.3. The molecule has 2 aromatic rings. The van der Waals surface area contributed by atoms with Crippen molar-refractivity contribution in [2.45, 2.75) is 32.9 Å². The number of sulfonamides is 1. The Hall–Kier alpha value is -2.74. The number of rotatable bonds is 6. The molecular weight excluding hydrogens is 392 g/mol. The summed E-state index contributed by atoms with van der Waals surface area (Å²) in [5.74, 6) is 0.925. The van der Waals surface area contributed by atoms with Gasteiger partial charge >= 0.3 is 0 Å². The van der Waals surface area contributed by atoms with Crippen LogP contribution < -0.4 is 19.1 Å². The number of aryl methyl sites for hydroxylation is 1. The number of nitrogens with one attached hydrogen (secondary N) is 1. The Morgan fingerprint density at radius 1 is 1.07 bits per heavy atom. The molecular formula is C21H26N2O5S. The SMILES string of the molecule is Cc1cccc(N([C@@H](C)C(=O)N[C@H](C)c2ccc3c(c2)OCCO3)S(C)(=O)=O)c1. The molecule has 1 aliphatic rings. The van der Waals surface area contributed by atoms with E-state index in [0.717, 1.165) is 21.7 Å². The maximum absolute atomic E-state index is 12.9. The van der Waals surface area contributed by atoms with Crippen LogP contribution in [-0.4, -0.2) is 39.8 Å². The Labute approximate surface area is 171 Å². The highest BCUT2D eigenvalue weighted by molar-refractivity contribution is 7.92. The van der Waals surface area contributed by atoms with Gasteiger partial charge in [-0.25, -0.2) is 8.42 Å². The molecule has 156 valence electrons. The van der Waals surface area contributed by atoms with Crippen LogP contribution >= 0.6 is 0 Å². The first-order valence-electron chi connectivity index (χ1n) is 9.43. The summed E-state index contributed by atoms with van der Waals surface area (Å²) in [5.41, 5.74) is 2.21. The lowest BCUT2D eigenvalue weighted by Crippen LogP contribution is -2.48. The van der Waals surface area contributed by atoms with Gasteiger partial charge in [0.05, 0.1) is 18.0 Å². The Morgan fingerprint density at radius 3 is 2.41 bits per heavy atom. The minimum Gasteiger partial charge on any atom is -0.486 e. The minimum absolute atomic E-state index is 0.334. The monoisotopic (exact) mass is 418 g/mol. The van der Waals surface area contributed by atoms with E-state index in [1.165, 1.54) is 0 Å². The maximum atomic E-state index is 12.9. The highest BCUT2D eigenvalue weighted by atomic mass is 32.2. The lowest BCUT2D eigenvalue weighted by atomic mass is 10.1. The fraction of sp³-hybridized carbons (Fsp3) is 0.381. The van der Waals surface area contributed by atoms with E-state index in [-0.39, 0.29) is 11.9 Å². The van der Waals surface area contributed by atoms with Crippen LogP contribution in [0, 0.1) is 6.92 Å². The molecule has 0 spiro atoms. The number of nitrogens with zero attached hydrogens (tertiary/aromatic N) is 1. The van der Waals surface area contributed by atoms with Crippen LogP contribution in [0.2, 0.25) is 0 Å². The third kappa shape index (κ3) is 4.82. The van der Waals surface area contributed by atoms with E-state index in [4.69, 9.17) is 9.47 Å². The quantitative estimate of drug-likeness (QED) is 0.780. The summed E-state index contributed by atoms with van der Waals surface area (Å²) < 4.78 is 37.1. The molecule has 29 heavy (non-hydrogen) atoms. The van der Waals surface area contributed by atoms with Gasteiger partial charge in [-0.2, -0.15) is 0 Å². The number of ether oxygens (including phenoxy) is 2. The van der Waals surface area contributed by atoms with E-state index in [9.17, 15) is 13.2 Å². The predicted octanol–water partition coefficient (Wildman–Crippen LogP) is 2.80. The van der Waals surface area contributed by atoms with E-state index < -0.39 is 16.1 Å². The highest BCUT2D eigenvalue weighted by Gasteiger charge is 2.30. The van der Waals surface area contributed by atoms with Gasteiger partial charge in [0.25, 0.3) is 0 Å². The zero-order valence-electron chi connectivity index (χ0n) is 17.0. The molecule has 1 N–H and O–H groups in total. The van der Waals surface area contributed by atoms with E-state index in [1.807, 2.05) is 38.1 Å². The molecule has 1 heterocycles. The van der Waals surface area contributed by atoms with Crippen LogP contribution in [0.1, 0.15) is 31.0 Å². The maximum Gasteiger partial charge on any atom is 0.244 e. The fourth-order valence-electron chi connectivity index (χ4n) is 3.32. The first-order chi connectivity index (χ1) is 13.7. The Balaban J connectivity index is 1.79. The summed E-state index contributed by atoms with van der Waals surface area (Å²) in [6, 6.07) is 11.3. The average Bonchev–Trinajstić information content (AvgIpc) is 2.66. The summed E-state index contributed by atoms with van der Waals surface area (Å²) in [5, 5.41) is 2.90. The van der Waals surface area contributed by atoms with E-state index >= 15 is 0 Å². The second-order valence-electron chi connectivity index (χ2n) is 7.21. The molecule has 0 radical (unpaired) electrons. The number of fused-ring (bicyclic) bond motifs is 1. The molecule has 7 nitrogen and oxygen atoms in total. The van der Waals surface area contributed by atoms with Crippen molar-refractivity contribution in [3.63, 3.8) is 0 Å². The molecule has 0 bridgehead atoms. The molecule has 0 saturated heterocycles. The molecule has 2 aromatic carbocycles. The van der Waals surface area contributed by atoms with Crippen LogP contribution in [0.3, 0.4) is 0 Å². The Morgan fingerprint density at radius 2 is 1.76 bits per heavy atom. The smallest absolute Gasteiger partial charge is 0.244 e. The van der Waals surface area contributed by atoms with Crippen molar-refractivity contribution in [3.8, 4) is 11.5 Å². The van der Waals surface area contributed by atoms with Gasteiger partial charge in [-0.05, 0) is 56.2 Å². The third-order valence-corrected chi connectivity index (χ3v) is 6.01. The number of carbonyl (C=O) groups is 1. The van der Waals surface area contributed by atoms with Gasteiger partial charge in [-0.1, -0.05) is 18.2 Å². The van der Waals surface area contributed by atoms with Gasteiger partial charge in [-0.3, -0.25) is 9.10 Å². The molecule has 0 aromatic heterocycles. The standard InChI is InChI=1S/C21H26N2O5S/c1-14-6-5-7-18(12-14)23(29(4,25)26)16(3)21(24)22-15(2)17-8-9-19-20(13-17)28-11-10-27-19/h5-9,12-13,15-16H,10-11H2,1-4H3,(H,22,24)/t15-,16+/m1/s1. The Kier molecular flexibility index (Phi) is 6.02. The molecule has 0 saturated carbocycles. The number of carbonyl (C=O) groups excluding carboxylic acids is 1. The molecule has 8 heteroatoms. The summed E-state index contributed by atoms with van der Waals surface area (Å²) in [6.45, 7) is 6.28. The van der Waals surface area contributed by atoms with Gasteiger partial charge in [0, 0.05) is 0 Å². The van der Waals surface area contributed by atoms with Crippen molar-refractivity contribution in [2.75, 3.05) is 23.8 Å². The number of anilines is 1. The van der Waals surface area contributed by atoms with Crippen molar-refractivity contribution >= 4 is 21.6 Å². The molecule has 1 aliphatic heterocycles. The van der Waals surface area contributed by atoms with Gasteiger partial charge < -0.3 is 14.8 Å². The largest absolute Gasteiger partial charge is 0.486 e. The first kappa shape index (κ1) is 21.0. The summed E-state index contributed by atoms with van der Waals surface area (Å²) >= 11 is 0. The normalized spacial score (nSPS) is 15.3. The topological polar surface area (TPSA) is 84.9 Å². The van der Waals surface area contributed by atoms with Crippen LogP contribution in [-0.2, 0) is 14.8 Å². The molecule has 0 aliphatic carbocycles. The highest BCUT2D eigenvalue weighted by Crippen LogP contribution is 2.32. The summed E-state index contributed by atoms with van der Waals surface area (Å²) in [6.07, 6.45) is 1.10. The van der Waals surface area contributed by atoms with Gasteiger partial charge in [-0.15, -0.1) is 0 Å². The average molecular weight is 419 g/mol.